The summed E-state index contributed by atoms with van der Waals surface area (Å²) in [6, 6.07) is 4.21. The first kappa shape index (κ1) is 15.0. The predicted octanol–water partition coefficient (Wildman–Crippen LogP) is 1.98. The molecule has 0 aromatic carbocycles. The highest BCUT2D eigenvalue weighted by molar-refractivity contribution is 9.10. The zero-order chi connectivity index (χ0) is 15.5. The number of hydrogen-bond acceptors (Lipinski definition) is 4. The summed E-state index contributed by atoms with van der Waals surface area (Å²) in [5.41, 5.74) is 0.594. The monoisotopic (exact) mass is 363 g/mol. The molecule has 2 aromatic rings. The molecule has 0 unspecified atom stereocenters. The second-order valence-electron chi connectivity index (χ2n) is 5.46. The van der Waals surface area contributed by atoms with Gasteiger partial charge in [0, 0.05) is 36.8 Å². The fraction of sp³-hybridized carbons (Fsp3) is 0.400. The van der Waals surface area contributed by atoms with Crippen LogP contribution in [0.3, 0.4) is 0 Å². The Labute approximate surface area is 137 Å². The minimum Gasteiger partial charge on any atom is -0.356 e. The van der Waals surface area contributed by atoms with Crippen LogP contribution in [0, 0.1) is 0 Å². The highest BCUT2D eigenvalue weighted by atomic mass is 79.9. The second-order valence-corrected chi connectivity index (χ2v) is 6.37. The third kappa shape index (κ3) is 3.30. The maximum atomic E-state index is 12.2. The van der Waals surface area contributed by atoms with E-state index in [9.17, 15) is 4.79 Å². The topological polar surface area (TPSA) is 63.1 Å². The molecule has 1 amide bonds. The smallest absolute Gasteiger partial charge is 0.269 e. The molecule has 0 bridgehead atoms. The van der Waals surface area contributed by atoms with Gasteiger partial charge in [0.2, 0.25) is 0 Å². The van der Waals surface area contributed by atoms with Gasteiger partial charge in [0.25, 0.3) is 5.91 Å². The largest absolute Gasteiger partial charge is 0.356 e. The van der Waals surface area contributed by atoms with Crippen LogP contribution in [0.1, 0.15) is 23.3 Å². The third-order valence-electron chi connectivity index (χ3n) is 3.92. The number of rotatable bonds is 3. The second kappa shape index (κ2) is 6.48. The van der Waals surface area contributed by atoms with Gasteiger partial charge >= 0.3 is 0 Å². The van der Waals surface area contributed by atoms with E-state index in [-0.39, 0.29) is 11.9 Å². The van der Waals surface area contributed by atoms with Crippen molar-refractivity contribution in [2.45, 2.75) is 18.9 Å². The van der Waals surface area contributed by atoms with Crippen LogP contribution in [0.15, 0.2) is 35.3 Å². The fourth-order valence-electron chi connectivity index (χ4n) is 2.64. The third-order valence-corrected chi connectivity index (χ3v) is 4.38. The Balaban J connectivity index is 1.55. The number of aryl methyl sites for hydroxylation is 1. The molecule has 116 valence electrons. The number of carbonyl (C=O) groups excluding carboxylic acids is 1. The SMILES string of the molecule is Cn1cncc1C(=O)NC1CCN(c2ccc(Br)cn2)CC1. The lowest BCUT2D eigenvalue weighted by atomic mass is 10.0. The van der Waals surface area contributed by atoms with E-state index in [1.54, 1.807) is 17.1 Å². The lowest BCUT2D eigenvalue weighted by molar-refractivity contribution is 0.0923. The number of carbonyl (C=O) groups is 1. The molecule has 2 aromatic heterocycles. The number of aromatic nitrogens is 3. The summed E-state index contributed by atoms with van der Waals surface area (Å²) in [6.45, 7) is 1.79. The van der Waals surface area contributed by atoms with Crippen molar-refractivity contribution < 1.29 is 4.79 Å². The minimum atomic E-state index is -0.0554. The normalized spacial score (nSPS) is 15.8. The van der Waals surface area contributed by atoms with Gasteiger partial charge < -0.3 is 14.8 Å². The van der Waals surface area contributed by atoms with E-state index in [1.165, 1.54) is 0 Å². The zero-order valence-corrected chi connectivity index (χ0v) is 14.0. The van der Waals surface area contributed by atoms with E-state index >= 15 is 0 Å². The highest BCUT2D eigenvalue weighted by Gasteiger charge is 2.22. The Morgan fingerprint density at radius 1 is 1.32 bits per heavy atom. The van der Waals surface area contributed by atoms with Gasteiger partial charge in [-0.2, -0.15) is 0 Å². The van der Waals surface area contributed by atoms with Gasteiger partial charge in [-0.15, -0.1) is 0 Å². The van der Waals surface area contributed by atoms with Gasteiger partial charge in [0.15, 0.2) is 0 Å². The molecule has 1 N–H and O–H groups in total. The van der Waals surface area contributed by atoms with E-state index in [0.29, 0.717) is 5.69 Å². The predicted molar refractivity (Wildman–Crippen MR) is 87.8 cm³/mol. The van der Waals surface area contributed by atoms with E-state index in [4.69, 9.17) is 0 Å². The molecule has 22 heavy (non-hydrogen) atoms. The average Bonchev–Trinajstić information content (AvgIpc) is 2.95. The maximum absolute atomic E-state index is 12.2. The summed E-state index contributed by atoms with van der Waals surface area (Å²) in [6.07, 6.45) is 6.88. The number of amides is 1. The Morgan fingerprint density at radius 2 is 2.09 bits per heavy atom. The van der Waals surface area contributed by atoms with Crippen molar-refractivity contribution in [2.75, 3.05) is 18.0 Å². The zero-order valence-electron chi connectivity index (χ0n) is 12.4. The standard InChI is InChI=1S/C15H18BrN5O/c1-20-10-17-9-13(20)15(22)19-12-4-6-21(7-5-12)14-3-2-11(16)8-18-14/h2-3,8-10,12H,4-7H2,1H3,(H,19,22). The Kier molecular flexibility index (Phi) is 4.42. The molecule has 0 saturated carbocycles. The molecular formula is C15H18BrN5O. The van der Waals surface area contributed by atoms with Crippen LogP contribution in [0.5, 0.6) is 0 Å². The van der Waals surface area contributed by atoms with Crippen molar-refractivity contribution in [1.29, 1.82) is 0 Å². The molecule has 1 aliphatic heterocycles. The molecule has 0 spiro atoms. The van der Waals surface area contributed by atoms with Crippen molar-refractivity contribution in [2.24, 2.45) is 7.05 Å². The molecular weight excluding hydrogens is 346 g/mol. The molecule has 0 radical (unpaired) electrons. The Morgan fingerprint density at radius 3 is 2.68 bits per heavy atom. The van der Waals surface area contributed by atoms with Gasteiger partial charge in [0.05, 0.1) is 12.5 Å². The van der Waals surface area contributed by atoms with Crippen LogP contribution in [0.25, 0.3) is 0 Å². The number of pyridine rings is 1. The number of nitrogens with zero attached hydrogens (tertiary/aromatic N) is 4. The summed E-state index contributed by atoms with van der Waals surface area (Å²) in [5, 5.41) is 3.09. The lowest BCUT2D eigenvalue weighted by Crippen LogP contribution is -2.45. The molecule has 7 heteroatoms. The summed E-state index contributed by atoms with van der Waals surface area (Å²) in [4.78, 5) is 22.8. The minimum absolute atomic E-state index is 0.0554. The number of nitrogens with one attached hydrogen (secondary N) is 1. The van der Waals surface area contributed by atoms with Crippen LogP contribution >= 0.6 is 15.9 Å². The summed E-state index contributed by atoms with van der Waals surface area (Å²) in [5.74, 6) is 0.930. The first-order chi connectivity index (χ1) is 10.6. The van der Waals surface area contributed by atoms with Gasteiger partial charge in [-0.1, -0.05) is 0 Å². The van der Waals surface area contributed by atoms with Crippen LogP contribution in [-0.4, -0.2) is 39.6 Å². The number of imidazole rings is 1. The van der Waals surface area contributed by atoms with Gasteiger partial charge in [-0.3, -0.25) is 4.79 Å². The Bertz CT molecular complexity index is 646. The Hall–Kier alpha value is -1.89. The molecule has 1 fully saturated rings. The van der Waals surface area contributed by atoms with Crippen molar-refractivity contribution in [3.05, 3.63) is 41.0 Å². The van der Waals surface area contributed by atoms with E-state index in [0.717, 1.165) is 36.2 Å². The van der Waals surface area contributed by atoms with E-state index in [1.807, 2.05) is 25.4 Å². The first-order valence-corrected chi connectivity index (χ1v) is 8.06. The van der Waals surface area contributed by atoms with Crippen molar-refractivity contribution in [1.82, 2.24) is 19.9 Å². The van der Waals surface area contributed by atoms with E-state index < -0.39 is 0 Å². The first-order valence-electron chi connectivity index (χ1n) is 7.27. The molecule has 6 nitrogen and oxygen atoms in total. The quantitative estimate of drug-likeness (QED) is 0.905. The number of piperidine rings is 1. The maximum Gasteiger partial charge on any atom is 0.269 e. The van der Waals surface area contributed by atoms with Crippen molar-refractivity contribution in [3.63, 3.8) is 0 Å². The van der Waals surface area contributed by atoms with Crippen LogP contribution in [0.2, 0.25) is 0 Å². The molecule has 3 heterocycles. The van der Waals surface area contributed by atoms with Crippen LogP contribution < -0.4 is 10.2 Å². The van der Waals surface area contributed by atoms with E-state index in [2.05, 4.69) is 36.1 Å². The highest BCUT2D eigenvalue weighted by Crippen LogP contribution is 2.19. The molecule has 1 aliphatic rings. The van der Waals surface area contributed by atoms with Crippen LogP contribution in [-0.2, 0) is 7.05 Å². The summed E-state index contributed by atoms with van der Waals surface area (Å²) in [7, 11) is 1.82. The van der Waals surface area contributed by atoms with Gasteiger partial charge in [0.1, 0.15) is 11.5 Å². The number of hydrogen-bond donors (Lipinski definition) is 1. The average molecular weight is 364 g/mol. The van der Waals surface area contributed by atoms with Crippen molar-refractivity contribution >= 4 is 27.7 Å². The lowest BCUT2D eigenvalue weighted by Gasteiger charge is -2.33. The molecule has 0 atom stereocenters. The molecule has 0 aliphatic carbocycles. The summed E-state index contributed by atoms with van der Waals surface area (Å²) < 4.78 is 2.71. The molecule has 1 saturated heterocycles. The van der Waals surface area contributed by atoms with Crippen LogP contribution in [0.4, 0.5) is 5.82 Å². The summed E-state index contributed by atoms with van der Waals surface area (Å²) >= 11 is 3.40. The number of halogens is 1. The van der Waals surface area contributed by atoms with Crippen molar-refractivity contribution in [3.8, 4) is 0 Å². The fourth-order valence-corrected chi connectivity index (χ4v) is 2.88. The molecule has 3 rings (SSSR count). The number of anilines is 1. The van der Waals surface area contributed by atoms with Gasteiger partial charge in [-0.05, 0) is 40.9 Å². The van der Waals surface area contributed by atoms with Gasteiger partial charge in [-0.25, -0.2) is 9.97 Å².